The summed E-state index contributed by atoms with van der Waals surface area (Å²) in [5, 5.41) is 18.1. The Kier molecular flexibility index (Phi) is 5.09. The summed E-state index contributed by atoms with van der Waals surface area (Å²) in [6.07, 6.45) is 0.267. The SMILES string of the molecule is CN=C(NCC(O)c1cc2ccccc2s1)NC1CC1c1ccccc1F. The van der Waals surface area contributed by atoms with Gasteiger partial charge >= 0.3 is 0 Å². The van der Waals surface area contributed by atoms with Gasteiger partial charge in [0.1, 0.15) is 11.9 Å². The first-order valence-electron chi connectivity index (χ1n) is 9.04. The lowest BCUT2D eigenvalue weighted by atomic mass is 10.1. The summed E-state index contributed by atoms with van der Waals surface area (Å²) in [4.78, 5) is 5.15. The Bertz CT molecular complexity index is 938. The van der Waals surface area contributed by atoms with E-state index < -0.39 is 6.10 Å². The van der Waals surface area contributed by atoms with Crippen LogP contribution in [0.1, 0.15) is 28.9 Å². The number of benzene rings is 2. The van der Waals surface area contributed by atoms with Crippen LogP contribution in [0.5, 0.6) is 0 Å². The molecular formula is C21H22FN3OS. The van der Waals surface area contributed by atoms with E-state index in [4.69, 9.17) is 0 Å². The molecule has 1 saturated carbocycles. The second kappa shape index (κ2) is 7.66. The topological polar surface area (TPSA) is 56.7 Å². The first kappa shape index (κ1) is 17.9. The van der Waals surface area contributed by atoms with Gasteiger partial charge in [0.25, 0.3) is 0 Å². The van der Waals surface area contributed by atoms with E-state index in [-0.39, 0.29) is 17.8 Å². The predicted octanol–water partition coefficient (Wildman–Crippen LogP) is 3.79. The first-order valence-corrected chi connectivity index (χ1v) is 9.85. The van der Waals surface area contributed by atoms with Crippen molar-refractivity contribution < 1.29 is 9.50 Å². The normalized spacial score (nSPS) is 20.5. The fourth-order valence-corrected chi connectivity index (χ4v) is 4.36. The second-order valence-corrected chi connectivity index (χ2v) is 7.89. The molecule has 4 nitrogen and oxygen atoms in total. The highest BCUT2D eigenvalue weighted by Crippen LogP contribution is 2.41. The molecule has 0 radical (unpaired) electrons. The molecule has 3 N–H and O–H groups in total. The van der Waals surface area contributed by atoms with E-state index in [2.05, 4.69) is 21.7 Å². The van der Waals surface area contributed by atoms with Crippen LogP contribution in [0, 0.1) is 5.82 Å². The van der Waals surface area contributed by atoms with E-state index in [1.807, 2.05) is 36.4 Å². The van der Waals surface area contributed by atoms with Gasteiger partial charge < -0.3 is 15.7 Å². The summed E-state index contributed by atoms with van der Waals surface area (Å²) in [5.74, 6) is 0.631. The molecule has 27 heavy (non-hydrogen) atoms. The lowest BCUT2D eigenvalue weighted by molar-refractivity contribution is 0.184. The molecule has 1 aliphatic rings. The molecule has 0 aliphatic heterocycles. The molecule has 1 aliphatic carbocycles. The molecule has 3 unspecified atom stereocenters. The highest BCUT2D eigenvalue weighted by Gasteiger charge is 2.40. The smallest absolute Gasteiger partial charge is 0.191 e. The largest absolute Gasteiger partial charge is 0.386 e. The second-order valence-electron chi connectivity index (χ2n) is 6.77. The van der Waals surface area contributed by atoms with Crippen molar-refractivity contribution in [1.29, 1.82) is 0 Å². The molecular weight excluding hydrogens is 361 g/mol. The van der Waals surface area contributed by atoms with Crippen molar-refractivity contribution in [3.05, 3.63) is 70.9 Å². The number of aliphatic imine (C=N–C) groups is 1. The first-order chi connectivity index (χ1) is 13.2. The van der Waals surface area contributed by atoms with Crippen molar-refractivity contribution in [3.63, 3.8) is 0 Å². The molecule has 0 saturated heterocycles. The number of nitrogens with one attached hydrogen (secondary N) is 2. The summed E-state index contributed by atoms with van der Waals surface area (Å²) < 4.78 is 15.1. The Morgan fingerprint density at radius 2 is 2.04 bits per heavy atom. The summed E-state index contributed by atoms with van der Waals surface area (Å²) in [6, 6.07) is 17.2. The van der Waals surface area contributed by atoms with Gasteiger partial charge in [0.05, 0.1) is 0 Å². The molecule has 0 amide bonds. The van der Waals surface area contributed by atoms with Crippen molar-refractivity contribution in [1.82, 2.24) is 10.6 Å². The molecule has 1 aromatic heterocycles. The lowest BCUT2D eigenvalue weighted by Crippen LogP contribution is -2.40. The number of nitrogens with zero attached hydrogens (tertiary/aromatic N) is 1. The molecule has 2 aromatic carbocycles. The lowest BCUT2D eigenvalue weighted by Gasteiger charge is -2.14. The third kappa shape index (κ3) is 3.96. The zero-order chi connectivity index (χ0) is 18.8. The van der Waals surface area contributed by atoms with E-state index in [1.165, 1.54) is 10.8 Å². The zero-order valence-corrected chi connectivity index (χ0v) is 15.8. The fourth-order valence-electron chi connectivity index (χ4n) is 3.30. The van der Waals surface area contributed by atoms with E-state index in [1.54, 1.807) is 24.5 Å². The summed E-state index contributed by atoms with van der Waals surface area (Å²) in [7, 11) is 1.70. The van der Waals surface area contributed by atoms with Gasteiger partial charge in [-0.15, -0.1) is 11.3 Å². The Hall–Kier alpha value is -2.44. The average Bonchev–Trinajstić information content (AvgIpc) is 3.30. The minimum Gasteiger partial charge on any atom is -0.386 e. The summed E-state index contributed by atoms with van der Waals surface area (Å²) >= 11 is 1.60. The number of guanidine groups is 1. The van der Waals surface area contributed by atoms with Gasteiger partial charge in [-0.2, -0.15) is 0 Å². The van der Waals surface area contributed by atoms with Crippen LogP contribution in [-0.4, -0.2) is 30.7 Å². The minimum atomic E-state index is -0.609. The van der Waals surface area contributed by atoms with Gasteiger partial charge in [-0.3, -0.25) is 4.99 Å². The highest BCUT2D eigenvalue weighted by atomic mass is 32.1. The molecule has 140 valence electrons. The zero-order valence-electron chi connectivity index (χ0n) is 15.0. The van der Waals surface area contributed by atoms with E-state index in [0.29, 0.717) is 12.5 Å². The molecule has 1 heterocycles. The molecule has 0 spiro atoms. The van der Waals surface area contributed by atoms with Crippen LogP contribution < -0.4 is 10.6 Å². The third-order valence-corrected chi connectivity index (χ3v) is 6.09. The predicted molar refractivity (Wildman–Crippen MR) is 109 cm³/mol. The van der Waals surface area contributed by atoms with E-state index >= 15 is 0 Å². The number of halogens is 1. The number of aliphatic hydroxyl groups is 1. The van der Waals surface area contributed by atoms with Gasteiger partial charge in [0.2, 0.25) is 0 Å². The molecule has 6 heteroatoms. The quantitative estimate of drug-likeness (QED) is 0.464. The Balaban J connectivity index is 1.33. The maximum absolute atomic E-state index is 13.9. The summed E-state index contributed by atoms with van der Waals surface area (Å²) in [5.41, 5.74) is 0.746. The minimum absolute atomic E-state index is 0.157. The molecule has 4 rings (SSSR count). The van der Waals surface area contributed by atoms with Gasteiger partial charge in [-0.05, 0) is 35.6 Å². The average molecular weight is 383 g/mol. The van der Waals surface area contributed by atoms with Crippen molar-refractivity contribution >= 4 is 27.4 Å². The van der Waals surface area contributed by atoms with Crippen LogP contribution in [0.15, 0.2) is 59.6 Å². The van der Waals surface area contributed by atoms with Crippen LogP contribution in [0.4, 0.5) is 4.39 Å². The van der Waals surface area contributed by atoms with Gasteiger partial charge in [-0.1, -0.05) is 36.4 Å². The number of aliphatic hydroxyl groups excluding tert-OH is 1. The van der Waals surface area contributed by atoms with Crippen molar-refractivity contribution in [2.75, 3.05) is 13.6 Å². The van der Waals surface area contributed by atoms with Gasteiger partial charge in [-0.25, -0.2) is 4.39 Å². The maximum Gasteiger partial charge on any atom is 0.191 e. The molecule has 0 bridgehead atoms. The number of fused-ring (bicyclic) bond motifs is 1. The number of thiophene rings is 1. The van der Waals surface area contributed by atoms with Crippen LogP contribution in [0.3, 0.4) is 0 Å². The number of hydrogen-bond acceptors (Lipinski definition) is 3. The van der Waals surface area contributed by atoms with Crippen molar-refractivity contribution in [2.24, 2.45) is 4.99 Å². The van der Waals surface area contributed by atoms with E-state index in [0.717, 1.165) is 22.2 Å². The Labute approximate surface area is 161 Å². The van der Waals surface area contributed by atoms with Crippen LogP contribution in [-0.2, 0) is 0 Å². The van der Waals surface area contributed by atoms with E-state index in [9.17, 15) is 9.50 Å². The maximum atomic E-state index is 13.9. The van der Waals surface area contributed by atoms with Crippen molar-refractivity contribution in [2.45, 2.75) is 24.5 Å². The number of rotatable bonds is 5. The summed E-state index contributed by atoms with van der Waals surface area (Å²) in [6.45, 7) is 0.365. The van der Waals surface area contributed by atoms with Crippen molar-refractivity contribution in [3.8, 4) is 0 Å². The van der Waals surface area contributed by atoms with Crippen LogP contribution >= 0.6 is 11.3 Å². The van der Waals surface area contributed by atoms with Crippen LogP contribution in [0.25, 0.3) is 10.1 Å². The standard InChI is InChI=1S/C21H22FN3OS/c1-23-21(25-17-11-15(17)14-7-3-4-8-16(14)22)24-12-18(26)20-10-13-6-2-5-9-19(13)27-20/h2-10,15,17-18,26H,11-12H2,1H3,(H2,23,24,25). The molecule has 1 fully saturated rings. The third-order valence-electron chi connectivity index (χ3n) is 4.88. The van der Waals surface area contributed by atoms with Gasteiger partial charge in [0.15, 0.2) is 5.96 Å². The Morgan fingerprint density at radius 1 is 1.26 bits per heavy atom. The van der Waals surface area contributed by atoms with Gasteiger partial charge in [0, 0.05) is 35.1 Å². The molecule has 3 atom stereocenters. The molecule has 3 aromatic rings. The Morgan fingerprint density at radius 3 is 2.81 bits per heavy atom. The highest BCUT2D eigenvalue weighted by molar-refractivity contribution is 7.19. The monoisotopic (exact) mass is 383 g/mol. The van der Waals surface area contributed by atoms with Crippen LogP contribution in [0.2, 0.25) is 0 Å². The number of hydrogen-bond donors (Lipinski definition) is 3. The fraction of sp³-hybridized carbons (Fsp3) is 0.286.